The Hall–Kier alpha value is -2.52. The number of rotatable bonds is 3. The van der Waals surface area contributed by atoms with Crippen molar-refractivity contribution in [1.82, 2.24) is 4.98 Å². The summed E-state index contributed by atoms with van der Waals surface area (Å²) < 4.78 is 35.9. The number of amides is 1. The lowest BCUT2D eigenvalue weighted by atomic mass is 10.2. The van der Waals surface area contributed by atoms with Crippen molar-refractivity contribution in [3.05, 3.63) is 48.0 Å². The number of hydrogen-bond acceptors (Lipinski definition) is 5. The summed E-state index contributed by atoms with van der Waals surface area (Å²) in [5, 5.41) is 16.5. The molecule has 0 bridgehead atoms. The van der Waals surface area contributed by atoms with Crippen LogP contribution in [0.5, 0.6) is 5.75 Å². The summed E-state index contributed by atoms with van der Waals surface area (Å²) in [7, 11) is -4.03. The Balaban J connectivity index is 2.29. The molecule has 0 saturated heterocycles. The minimum absolute atomic E-state index is 0.0973. The standard InChI is InChI=1S/C12H10FN3O4S/c13-9-5-7(21(14,19)20)1-2-10(9)16-12(18)8-3-4-15-6-11(8)17/h1-6,17H,(H,16,18)(H2,14,19,20). The molecule has 0 aliphatic rings. The lowest BCUT2D eigenvalue weighted by molar-refractivity contribution is 0.102. The van der Waals surface area contributed by atoms with Gasteiger partial charge in [0.25, 0.3) is 5.91 Å². The monoisotopic (exact) mass is 311 g/mol. The summed E-state index contributed by atoms with van der Waals surface area (Å²) in [5.41, 5.74) is -0.344. The van der Waals surface area contributed by atoms with Crippen LogP contribution >= 0.6 is 0 Å². The number of hydrogen-bond donors (Lipinski definition) is 3. The van der Waals surface area contributed by atoms with E-state index in [1.807, 2.05) is 0 Å². The molecule has 0 aliphatic heterocycles. The van der Waals surface area contributed by atoms with Crippen molar-refractivity contribution in [2.75, 3.05) is 5.32 Å². The molecule has 0 radical (unpaired) electrons. The van der Waals surface area contributed by atoms with Crippen molar-refractivity contribution in [3.63, 3.8) is 0 Å². The topological polar surface area (TPSA) is 122 Å². The Kier molecular flexibility index (Phi) is 3.87. The van der Waals surface area contributed by atoms with Crippen LogP contribution in [0.1, 0.15) is 10.4 Å². The average Bonchev–Trinajstić information content (AvgIpc) is 2.40. The van der Waals surface area contributed by atoms with Crippen molar-refractivity contribution in [2.24, 2.45) is 5.14 Å². The minimum Gasteiger partial charge on any atom is -0.505 e. The van der Waals surface area contributed by atoms with Crippen molar-refractivity contribution in [2.45, 2.75) is 4.90 Å². The summed E-state index contributed by atoms with van der Waals surface area (Å²) in [4.78, 5) is 15.1. The van der Waals surface area contributed by atoms with Gasteiger partial charge in [0.05, 0.1) is 22.3 Å². The molecule has 110 valence electrons. The van der Waals surface area contributed by atoms with Crippen LogP contribution in [0.15, 0.2) is 41.6 Å². The number of nitrogens with two attached hydrogens (primary N) is 1. The smallest absolute Gasteiger partial charge is 0.259 e. The third-order valence-corrected chi connectivity index (χ3v) is 3.47. The maximum absolute atomic E-state index is 13.7. The Morgan fingerprint density at radius 3 is 2.62 bits per heavy atom. The fraction of sp³-hybridized carbons (Fsp3) is 0. The molecule has 7 nitrogen and oxygen atoms in total. The van der Waals surface area contributed by atoms with E-state index >= 15 is 0 Å². The molecule has 1 aromatic heterocycles. The van der Waals surface area contributed by atoms with E-state index in [9.17, 15) is 22.7 Å². The number of benzene rings is 1. The first-order valence-corrected chi connectivity index (χ1v) is 7.10. The largest absolute Gasteiger partial charge is 0.505 e. The normalized spacial score (nSPS) is 11.1. The predicted molar refractivity (Wildman–Crippen MR) is 71.6 cm³/mol. The second kappa shape index (κ2) is 5.46. The number of aromatic hydroxyl groups is 1. The molecule has 0 fully saturated rings. The van der Waals surface area contributed by atoms with E-state index in [1.165, 1.54) is 12.3 Å². The molecule has 1 amide bonds. The highest BCUT2D eigenvalue weighted by atomic mass is 32.2. The molecule has 9 heteroatoms. The summed E-state index contributed by atoms with van der Waals surface area (Å²) in [6.07, 6.45) is 2.35. The number of halogens is 1. The third-order valence-electron chi connectivity index (χ3n) is 2.56. The van der Waals surface area contributed by atoms with Crippen molar-refractivity contribution in [3.8, 4) is 5.75 Å². The second-order valence-corrected chi connectivity index (χ2v) is 5.60. The number of anilines is 1. The number of primary sulfonamides is 1. The zero-order valence-corrected chi connectivity index (χ0v) is 11.3. The first kappa shape index (κ1) is 14.9. The van der Waals surface area contributed by atoms with Gasteiger partial charge in [0.1, 0.15) is 11.6 Å². The van der Waals surface area contributed by atoms with Crippen molar-refractivity contribution < 1.29 is 22.7 Å². The zero-order chi connectivity index (χ0) is 15.6. The molecule has 21 heavy (non-hydrogen) atoms. The van der Waals surface area contributed by atoms with Crippen LogP contribution in [-0.4, -0.2) is 24.4 Å². The lowest BCUT2D eigenvalue weighted by Gasteiger charge is -2.08. The highest BCUT2D eigenvalue weighted by Crippen LogP contribution is 2.21. The fourth-order valence-electron chi connectivity index (χ4n) is 1.54. The molecule has 2 aromatic rings. The summed E-state index contributed by atoms with van der Waals surface area (Å²) in [6, 6.07) is 4.06. The van der Waals surface area contributed by atoms with Gasteiger partial charge >= 0.3 is 0 Å². The number of pyridine rings is 1. The van der Waals surface area contributed by atoms with E-state index in [1.54, 1.807) is 0 Å². The van der Waals surface area contributed by atoms with Gasteiger partial charge in [-0.25, -0.2) is 17.9 Å². The Morgan fingerprint density at radius 1 is 1.33 bits per heavy atom. The molecular formula is C12H10FN3O4S. The SMILES string of the molecule is NS(=O)(=O)c1ccc(NC(=O)c2ccncc2O)c(F)c1. The maximum Gasteiger partial charge on any atom is 0.259 e. The Morgan fingerprint density at radius 2 is 2.05 bits per heavy atom. The molecule has 0 atom stereocenters. The van der Waals surface area contributed by atoms with Crippen LogP contribution in [0.2, 0.25) is 0 Å². The first-order valence-electron chi connectivity index (χ1n) is 5.55. The summed E-state index contributed by atoms with van der Waals surface area (Å²) in [6.45, 7) is 0. The van der Waals surface area contributed by atoms with E-state index < -0.39 is 26.6 Å². The van der Waals surface area contributed by atoms with Crippen LogP contribution in [0.4, 0.5) is 10.1 Å². The maximum atomic E-state index is 13.7. The second-order valence-electron chi connectivity index (χ2n) is 4.03. The van der Waals surface area contributed by atoms with Gasteiger partial charge in [-0.05, 0) is 24.3 Å². The summed E-state index contributed by atoms with van der Waals surface area (Å²) >= 11 is 0. The first-order chi connectivity index (χ1) is 9.79. The van der Waals surface area contributed by atoms with E-state index in [-0.39, 0.29) is 17.0 Å². The molecule has 0 spiro atoms. The van der Waals surface area contributed by atoms with E-state index in [4.69, 9.17) is 5.14 Å². The van der Waals surface area contributed by atoms with Crippen LogP contribution in [0.3, 0.4) is 0 Å². The molecular weight excluding hydrogens is 301 g/mol. The number of sulfonamides is 1. The number of aromatic nitrogens is 1. The number of nitrogens with one attached hydrogen (secondary N) is 1. The molecule has 0 unspecified atom stereocenters. The molecule has 4 N–H and O–H groups in total. The van der Waals surface area contributed by atoms with Gasteiger partial charge in [0.15, 0.2) is 0 Å². The van der Waals surface area contributed by atoms with E-state index in [0.717, 1.165) is 18.3 Å². The zero-order valence-electron chi connectivity index (χ0n) is 10.4. The van der Waals surface area contributed by atoms with Gasteiger partial charge in [-0.1, -0.05) is 0 Å². The quantitative estimate of drug-likeness (QED) is 0.774. The number of carbonyl (C=O) groups is 1. The van der Waals surface area contributed by atoms with E-state index in [0.29, 0.717) is 6.07 Å². The molecule has 1 heterocycles. The fourth-order valence-corrected chi connectivity index (χ4v) is 2.07. The van der Waals surface area contributed by atoms with Gasteiger partial charge in [0, 0.05) is 6.20 Å². The highest BCUT2D eigenvalue weighted by molar-refractivity contribution is 7.89. The molecule has 2 rings (SSSR count). The van der Waals surface area contributed by atoms with Crippen molar-refractivity contribution >= 4 is 21.6 Å². The predicted octanol–water partition coefficient (Wildman–Crippen LogP) is 0.826. The van der Waals surface area contributed by atoms with Crippen molar-refractivity contribution in [1.29, 1.82) is 0 Å². The van der Waals surface area contributed by atoms with Gasteiger partial charge in [-0.3, -0.25) is 9.78 Å². The average molecular weight is 311 g/mol. The molecule has 0 saturated carbocycles. The van der Waals surface area contributed by atoms with Gasteiger partial charge in [-0.2, -0.15) is 0 Å². The van der Waals surface area contributed by atoms with Gasteiger partial charge in [-0.15, -0.1) is 0 Å². The highest BCUT2D eigenvalue weighted by Gasteiger charge is 2.15. The Labute approximate surface area is 119 Å². The molecule has 1 aromatic carbocycles. The van der Waals surface area contributed by atoms with Crippen LogP contribution in [0.25, 0.3) is 0 Å². The van der Waals surface area contributed by atoms with E-state index in [2.05, 4.69) is 10.3 Å². The minimum atomic E-state index is -4.03. The third kappa shape index (κ3) is 3.33. The molecule has 0 aliphatic carbocycles. The number of carbonyl (C=O) groups excluding carboxylic acids is 1. The number of nitrogens with zero attached hydrogens (tertiary/aromatic N) is 1. The van der Waals surface area contributed by atoms with Crippen LogP contribution in [0, 0.1) is 5.82 Å². The van der Waals surface area contributed by atoms with Crippen LogP contribution < -0.4 is 10.5 Å². The Bertz CT molecular complexity index is 808. The lowest BCUT2D eigenvalue weighted by Crippen LogP contribution is -2.15. The van der Waals surface area contributed by atoms with Gasteiger partial charge < -0.3 is 10.4 Å². The van der Waals surface area contributed by atoms with Crippen LogP contribution in [-0.2, 0) is 10.0 Å². The van der Waals surface area contributed by atoms with Gasteiger partial charge in [0.2, 0.25) is 10.0 Å². The summed E-state index contributed by atoms with van der Waals surface area (Å²) in [5.74, 6) is -2.10.